The highest BCUT2D eigenvalue weighted by atomic mass is 14.8. The van der Waals surface area contributed by atoms with Crippen LogP contribution in [0.2, 0.25) is 0 Å². The Morgan fingerprint density at radius 3 is 2.67 bits per heavy atom. The van der Waals surface area contributed by atoms with E-state index in [1.54, 1.807) is 0 Å². The van der Waals surface area contributed by atoms with Crippen molar-refractivity contribution >= 4 is 5.71 Å². The maximum atomic E-state index is 6.89. The van der Waals surface area contributed by atoms with Crippen LogP contribution in [0.4, 0.5) is 0 Å². The van der Waals surface area contributed by atoms with Gasteiger partial charge in [-0.05, 0) is 48.7 Å². The van der Waals surface area contributed by atoms with Crippen molar-refractivity contribution in [2.24, 2.45) is 28.0 Å². The Bertz CT molecular complexity index is 548. The number of nitrogens with zero attached hydrogens (tertiary/aromatic N) is 1. The van der Waals surface area contributed by atoms with Gasteiger partial charge in [-0.2, -0.15) is 0 Å². The molecule has 2 atom stereocenters. The molecule has 0 aromatic rings. The van der Waals surface area contributed by atoms with Crippen molar-refractivity contribution in [3.63, 3.8) is 0 Å². The molecular weight excluding hydrogens is 292 g/mol. The second-order valence-electron chi connectivity index (χ2n) is 7.94. The predicted molar refractivity (Wildman–Crippen MR) is 106 cm³/mol. The summed E-state index contributed by atoms with van der Waals surface area (Å²) in [6.45, 7) is 12.3. The van der Waals surface area contributed by atoms with Gasteiger partial charge in [-0.15, -0.1) is 0 Å². The first-order valence-electron chi connectivity index (χ1n) is 9.84. The van der Waals surface area contributed by atoms with Gasteiger partial charge in [0, 0.05) is 23.7 Å². The van der Waals surface area contributed by atoms with Crippen LogP contribution < -0.4 is 5.73 Å². The molecule has 24 heavy (non-hydrogen) atoms. The summed E-state index contributed by atoms with van der Waals surface area (Å²) in [4.78, 5) is 5.00. The van der Waals surface area contributed by atoms with Gasteiger partial charge in [0.2, 0.25) is 0 Å². The first-order chi connectivity index (χ1) is 11.4. The van der Waals surface area contributed by atoms with E-state index >= 15 is 0 Å². The van der Waals surface area contributed by atoms with Gasteiger partial charge in [-0.3, -0.25) is 4.99 Å². The molecule has 2 heteroatoms. The summed E-state index contributed by atoms with van der Waals surface area (Å²) in [6, 6.07) is 0.0447. The molecule has 2 N–H and O–H groups in total. The Morgan fingerprint density at radius 2 is 2.04 bits per heavy atom. The quantitative estimate of drug-likeness (QED) is 0.646. The highest BCUT2D eigenvalue weighted by Crippen LogP contribution is 2.47. The minimum Gasteiger partial charge on any atom is -0.323 e. The maximum absolute atomic E-state index is 6.89. The molecule has 0 amide bonds. The Hall–Kier alpha value is -1.15. The van der Waals surface area contributed by atoms with E-state index in [1.807, 2.05) is 0 Å². The maximum Gasteiger partial charge on any atom is 0.0396 e. The smallest absolute Gasteiger partial charge is 0.0396 e. The fraction of sp³-hybridized carbons (Fsp3) is 0.682. The first kappa shape index (κ1) is 19.2. The molecule has 134 valence electrons. The lowest BCUT2D eigenvalue weighted by atomic mass is 9.59. The third kappa shape index (κ3) is 3.59. The Labute approximate surface area is 149 Å². The van der Waals surface area contributed by atoms with E-state index in [0.717, 1.165) is 19.4 Å². The Balaban J connectivity index is 2.46. The zero-order chi connectivity index (χ0) is 17.7. The Kier molecular flexibility index (Phi) is 6.62. The fourth-order valence-electron chi connectivity index (χ4n) is 4.20. The largest absolute Gasteiger partial charge is 0.323 e. The molecule has 0 saturated heterocycles. The van der Waals surface area contributed by atoms with Crippen LogP contribution >= 0.6 is 0 Å². The molecule has 2 rings (SSSR count). The molecular formula is C22H36N2. The number of allylic oxidation sites excluding steroid dienone is 3. The van der Waals surface area contributed by atoms with Crippen molar-refractivity contribution in [2.75, 3.05) is 6.54 Å². The predicted octanol–water partition coefficient (Wildman–Crippen LogP) is 5.46. The minimum absolute atomic E-state index is 0.0447. The van der Waals surface area contributed by atoms with Gasteiger partial charge >= 0.3 is 0 Å². The summed E-state index contributed by atoms with van der Waals surface area (Å²) < 4.78 is 0. The molecule has 0 radical (unpaired) electrons. The zero-order valence-corrected chi connectivity index (χ0v) is 16.3. The van der Waals surface area contributed by atoms with Gasteiger partial charge in [0.1, 0.15) is 0 Å². The van der Waals surface area contributed by atoms with E-state index in [9.17, 15) is 0 Å². The van der Waals surface area contributed by atoms with Crippen LogP contribution in [0.5, 0.6) is 0 Å². The molecule has 0 saturated carbocycles. The normalized spacial score (nSPS) is 29.3. The van der Waals surface area contributed by atoms with Crippen molar-refractivity contribution in [3.8, 4) is 0 Å². The van der Waals surface area contributed by atoms with Crippen molar-refractivity contribution in [2.45, 2.75) is 72.8 Å². The molecule has 2 aliphatic rings. The highest BCUT2D eigenvalue weighted by molar-refractivity contribution is 6.02. The standard InChI is InChI=1S/C22H36N2/c1-6-7-15-24-20-13-9-8-12-19(20)22(17(4)5)14-10-11-18(16(2)3)21(22)23/h10-12,14,16-17,21H,6-9,13,15,23H2,1-5H3/b24-20+. The van der Waals surface area contributed by atoms with E-state index in [2.05, 4.69) is 58.9 Å². The average molecular weight is 329 g/mol. The second-order valence-corrected chi connectivity index (χ2v) is 7.94. The first-order valence-corrected chi connectivity index (χ1v) is 9.84. The molecule has 0 fully saturated rings. The Morgan fingerprint density at radius 1 is 1.29 bits per heavy atom. The third-order valence-corrected chi connectivity index (χ3v) is 5.71. The van der Waals surface area contributed by atoms with Crippen LogP contribution in [0.3, 0.4) is 0 Å². The fourth-order valence-corrected chi connectivity index (χ4v) is 4.20. The van der Waals surface area contributed by atoms with Crippen molar-refractivity contribution in [1.29, 1.82) is 0 Å². The molecule has 2 nitrogen and oxygen atoms in total. The van der Waals surface area contributed by atoms with Crippen LogP contribution in [0, 0.1) is 17.3 Å². The summed E-state index contributed by atoms with van der Waals surface area (Å²) in [7, 11) is 0. The molecule has 0 aliphatic heterocycles. The molecule has 2 unspecified atom stereocenters. The van der Waals surface area contributed by atoms with Crippen LogP contribution in [-0.4, -0.2) is 18.3 Å². The summed E-state index contributed by atoms with van der Waals surface area (Å²) in [5.41, 5.74) is 10.9. The third-order valence-electron chi connectivity index (χ3n) is 5.71. The summed E-state index contributed by atoms with van der Waals surface area (Å²) in [6.07, 6.45) is 15.1. The molecule has 0 bridgehead atoms. The van der Waals surface area contributed by atoms with E-state index in [4.69, 9.17) is 10.7 Å². The van der Waals surface area contributed by atoms with Crippen molar-refractivity contribution < 1.29 is 0 Å². The summed E-state index contributed by atoms with van der Waals surface area (Å²) >= 11 is 0. The van der Waals surface area contributed by atoms with E-state index in [-0.39, 0.29) is 11.5 Å². The van der Waals surface area contributed by atoms with Gasteiger partial charge < -0.3 is 5.73 Å². The molecule has 0 heterocycles. The van der Waals surface area contributed by atoms with Gasteiger partial charge in [0.25, 0.3) is 0 Å². The average Bonchev–Trinajstić information content (AvgIpc) is 2.55. The zero-order valence-electron chi connectivity index (χ0n) is 16.3. The molecule has 0 aromatic heterocycles. The summed E-state index contributed by atoms with van der Waals surface area (Å²) in [5, 5.41) is 0. The van der Waals surface area contributed by atoms with Crippen LogP contribution in [-0.2, 0) is 0 Å². The SMILES string of the molecule is CCCC/N=C1\CCCC=C1C1(C(C)C)C=CC=C(C(C)C)C1N. The number of hydrogen-bond donors (Lipinski definition) is 1. The second kappa shape index (κ2) is 8.29. The van der Waals surface area contributed by atoms with Crippen LogP contribution in [0.25, 0.3) is 0 Å². The van der Waals surface area contributed by atoms with E-state index < -0.39 is 0 Å². The number of unbranched alkanes of at least 4 members (excludes halogenated alkanes) is 1. The van der Waals surface area contributed by atoms with Gasteiger partial charge in [0.05, 0.1) is 0 Å². The van der Waals surface area contributed by atoms with E-state index in [0.29, 0.717) is 11.8 Å². The topological polar surface area (TPSA) is 38.4 Å². The number of nitrogens with two attached hydrogens (primary N) is 1. The lowest BCUT2D eigenvalue weighted by Crippen LogP contribution is -2.50. The van der Waals surface area contributed by atoms with E-state index in [1.165, 1.54) is 36.1 Å². The lowest BCUT2D eigenvalue weighted by Gasteiger charge is -2.47. The lowest BCUT2D eigenvalue weighted by molar-refractivity contribution is 0.278. The number of rotatable bonds is 6. The monoisotopic (exact) mass is 328 g/mol. The molecule has 0 aromatic carbocycles. The summed E-state index contributed by atoms with van der Waals surface area (Å²) in [5.74, 6) is 0.930. The van der Waals surface area contributed by atoms with Gasteiger partial charge in [0.15, 0.2) is 0 Å². The number of hydrogen-bond acceptors (Lipinski definition) is 2. The minimum atomic E-state index is -0.111. The van der Waals surface area contributed by atoms with Crippen molar-refractivity contribution in [3.05, 3.63) is 35.5 Å². The van der Waals surface area contributed by atoms with Crippen LogP contribution in [0.15, 0.2) is 40.4 Å². The molecule has 2 aliphatic carbocycles. The van der Waals surface area contributed by atoms with Gasteiger partial charge in [-0.25, -0.2) is 0 Å². The molecule has 0 spiro atoms. The van der Waals surface area contributed by atoms with Gasteiger partial charge in [-0.1, -0.05) is 65.3 Å². The highest BCUT2D eigenvalue weighted by Gasteiger charge is 2.45. The van der Waals surface area contributed by atoms with Crippen LogP contribution in [0.1, 0.15) is 66.7 Å². The van der Waals surface area contributed by atoms with Crippen molar-refractivity contribution in [1.82, 2.24) is 0 Å². The number of aliphatic imine (C=N–C) groups is 1.